The summed E-state index contributed by atoms with van der Waals surface area (Å²) in [6, 6.07) is 0.712. The standard InChI is InChI=1S/C11H25N3/c1-10(2)14-7-4-11(9-14)8-13-6-3-5-12/h10-11,13H,3-9,12H2,1-2H3. The third-order valence-corrected chi connectivity index (χ3v) is 3.04. The average molecular weight is 199 g/mol. The van der Waals surface area contributed by atoms with E-state index in [1.807, 2.05) is 0 Å². The molecule has 3 N–H and O–H groups in total. The second-order valence-corrected chi connectivity index (χ2v) is 4.59. The first-order valence-corrected chi connectivity index (χ1v) is 5.89. The van der Waals surface area contributed by atoms with Gasteiger partial charge in [0.05, 0.1) is 0 Å². The molecular formula is C11H25N3. The van der Waals surface area contributed by atoms with E-state index in [0.717, 1.165) is 25.4 Å². The third-order valence-electron chi connectivity index (χ3n) is 3.04. The van der Waals surface area contributed by atoms with Crippen LogP contribution in [0.1, 0.15) is 26.7 Å². The van der Waals surface area contributed by atoms with Crippen LogP contribution in [0.25, 0.3) is 0 Å². The largest absolute Gasteiger partial charge is 0.330 e. The maximum atomic E-state index is 5.44. The van der Waals surface area contributed by atoms with Crippen LogP contribution in [0.5, 0.6) is 0 Å². The highest BCUT2D eigenvalue weighted by molar-refractivity contribution is 4.78. The summed E-state index contributed by atoms with van der Waals surface area (Å²) in [5.74, 6) is 0.857. The molecule has 0 amide bonds. The molecule has 14 heavy (non-hydrogen) atoms. The molecule has 1 atom stereocenters. The van der Waals surface area contributed by atoms with Crippen LogP contribution in [-0.2, 0) is 0 Å². The predicted molar refractivity (Wildman–Crippen MR) is 61.4 cm³/mol. The maximum absolute atomic E-state index is 5.44. The highest BCUT2D eigenvalue weighted by Crippen LogP contribution is 2.17. The highest BCUT2D eigenvalue weighted by Gasteiger charge is 2.23. The van der Waals surface area contributed by atoms with E-state index in [9.17, 15) is 0 Å². The van der Waals surface area contributed by atoms with Gasteiger partial charge >= 0.3 is 0 Å². The number of nitrogens with one attached hydrogen (secondary N) is 1. The Balaban J connectivity index is 2.04. The van der Waals surface area contributed by atoms with Crippen LogP contribution in [0.3, 0.4) is 0 Å². The molecule has 1 heterocycles. The molecule has 0 aromatic carbocycles. The zero-order valence-corrected chi connectivity index (χ0v) is 9.63. The van der Waals surface area contributed by atoms with Gasteiger partial charge in [0, 0.05) is 12.6 Å². The molecule has 3 nitrogen and oxygen atoms in total. The van der Waals surface area contributed by atoms with Crippen molar-refractivity contribution >= 4 is 0 Å². The van der Waals surface area contributed by atoms with Crippen LogP contribution in [0, 0.1) is 5.92 Å². The minimum absolute atomic E-state index is 0.712. The van der Waals surface area contributed by atoms with Gasteiger partial charge in [0.15, 0.2) is 0 Å². The molecule has 1 rings (SSSR count). The van der Waals surface area contributed by atoms with Gasteiger partial charge in [-0.25, -0.2) is 0 Å². The van der Waals surface area contributed by atoms with Crippen molar-refractivity contribution in [1.82, 2.24) is 10.2 Å². The van der Waals surface area contributed by atoms with Crippen molar-refractivity contribution in [2.24, 2.45) is 11.7 Å². The Labute approximate surface area is 88.0 Å². The van der Waals surface area contributed by atoms with Gasteiger partial charge in [-0.1, -0.05) is 0 Å². The van der Waals surface area contributed by atoms with E-state index < -0.39 is 0 Å². The van der Waals surface area contributed by atoms with Gasteiger partial charge in [-0.05, 0) is 58.8 Å². The second-order valence-electron chi connectivity index (χ2n) is 4.59. The molecule has 1 unspecified atom stereocenters. The molecule has 1 aliphatic heterocycles. The van der Waals surface area contributed by atoms with Crippen molar-refractivity contribution in [2.75, 3.05) is 32.7 Å². The summed E-state index contributed by atoms with van der Waals surface area (Å²) in [6.07, 6.45) is 2.45. The molecule has 84 valence electrons. The van der Waals surface area contributed by atoms with Gasteiger partial charge in [0.1, 0.15) is 0 Å². The lowest BCUT2D eigenvalue weighted by atomic mass is 10.1. The lowest BCUT2D eigenvalue weighted by Crippen LogP contribution is -2.31. The summed E-state index contributed by atoms with van der Waals surface area (Å²) in [7, 11) is 0. The Hall–Kier alpha value is -0.120. The molecule has 0 aromatic rings. The van der Waals surface area contributed by atoms with Crippen LogP contribution in [0.2, 0.25) is 0 Å². The fourth-order valence-electron chi connectivity index (χ4n) is 2.03. The van der Waals surface area contributed by atoms with E-state index in [1.165, 1.54) is 26.1 Å². The molecule has 0 aliphatic carbocycles. The summed E-state index contributed by atoms with van der Waals surface area (Å²) in [4.78, 5) is 2.56. The SMILES string of the molecule is CC(C)N1CCC(CNCCCN)C1. The Morgan fingerprint density at radius 2 is 2.29 bits per heavy atom. The van der Waals surface area contributed by atoms with E-state index in [-0.39, 0.29) is 0 Å². The molecule has 0 bridgehead atoms. The molecule has 0 radical (unpaired) electrons. The first kappa shape index (κ1) is 12.0. The quantitative estimate of drug-likeness (QED) is 0.617. The van der Waals surface area contributed by atoms with Crippen molar-refractivity contribution in [3.8, 4) is 0 Å². The van der Waals surface area contributed by atoms with Crippen molar-refractivity contribution in [3.05, 3.63) is 0 Å². The molecule has 0 aromatic heterocycles. The van der Waals surface area contributed by atoms with Crippen molar-refractivity contribution in [2.45, 2.75) is 32.7 Å². The van der Waals surface area contributed by atoms with E-state index in [0.29, 0.717) is 6.04 Å². The summed E-state index contributed by atoms with van der Waals surface area (Å²) in [6.45, 7) is 10.2. The Morgan fingerprint density at radius 3 is 2.86 bits per heavy atom. The molecule has 0 saturated carbocycles. The fraction of sp³-hybridized carbons (Fsp3) is 1.00. The van der Waals surface area contributed by atoms with E-state index in [4.69, 9.17) is 5.73 Å². The normalized spacial score (nSPS) is 23.6. The number of nitrogens with zero attached hydrogens (tertiary/aromatic N) is 1. The summed E-state index contributed by atoms with van der Waals surface area (Å²) < 4.78 is 0. The van der Waals surface area contributed by atoms with E-state index in [2.05, 4.69) is 24.1 Å². The predicted octanol–water partition coefficient (Wildman–Crippen LogP) is 0.655. The molecule has 3 heteroatoms. The Kier molecular flexibility index (Phi) is 5.45. The number of hydrogen-bond donors (Lipinski definition) is 2. The van der Waals surface area contributed by atoms with Crippen molar-refractivity contribution < 1.29 is 0 Å². The zero-order valence-electron chi connectivity index (χ0n) is 9.63. The zero-order chi connectivity index (χ0) is 10.4. The highest BCUT2D eigenvalue weighted by atomic mass is 15.2. The maximum Gasteiger partial charge on any atom is 0.00387 e. The smallest absolute Gasteiger partial charge is 0.00387 e. The van der Waals surface area contributed by atoms with E-state index >= 15 is 0 Å². The number of rotatable bonds is 6. The first-order valence-electron chi connectivity index (χ1n) is 5.89. The Bertz CT molecular complexity index is 147. The molecular weight excluding hydrogens is 174 g/mol. The first-order chi connectivity index (χ1) is 6.74. The van der Waals surface area contributed by atoms with Gasteiger partial charge in [-0.3, -0.25) is 0 Å². The van der Waals surface area contributed by atoms with Crippen LogP contribution >= 0.6 is 0 Å². The van der Waals surface area contributed by atoms with Crippen LogP contribution < -0.4 is 11.1 Å². The molecule has 1 aliphatic rings. The lowest BCUT2D eigenvalue weighted by Gasteiger charge is -2.20. The monoisotopic (exact) mass is 199 g/mol. The minimum Gasteiger partial charge on any atom is -0.330 e. The van der Waals surface area contributed by atoms with Crippen molar-refractivity contribution in [3.63, 3.8) is 0 Å². The molecule has 1 saturated heterocycles. The topological polar surface area (TPSA) is 41.3 Å². The number of nitrogens with two attached hydrogens (primary N) is 1. The molecule has 0 spiro atoms. The summed E-state index contributed by atoms with van der Waals surface area (Å²) in [5, 5.41) is 3.48. The van der Waals surface area contributed by atoms with Crippen molar-refractivity contribution in [1.29, 1.82) is 0 Å². The summed E-state index contributed by atoms with van der Waals surface area (Å²) in [5.41, 5.74) is 5.44. The van der Waals surface area contributed by atoms with Gasteiger partial charge in [-0.15, -0.1) is 0 Å². The molecule has 1 fully saturated rings. The van der Waals surface area contributed by atoms with Crippen LogP contribution in [0.15, 0.2) is 0 Å². The fourth-order valence-corrected chi connectivity index (χ4v) is 2.03. The van der Waals surface area contributed by atoms with Crippen LogP contribution in [-0.4, -0.2) is 43.7 Å². The van der Waals surface area contributed by atoms with Gasteiger partial charge < -0.3 is 16.0 Å². The Morgan fingerprint density at radius 1 is 1.50 bits per heavy atom. The van der Waals surface area contributed by atoms with Crippen LogP contribution in [0.4, 0.5) is 0 Å². The van der Waals surface area contributed by atoms with Gasteiger partial charge in [-0.2, -0.15) is 0 Å². The van der Waals surface area contributed by atoms with Gasteiger partial charge in [0.2, 0.25) is 0 Å². The lowest BCUT2D eigenvalue weighted by molar-refractivity contribution is 0.264. The van der Waals surface area contributed by atoms with E-state index in [1.54, 1.807) is 0 Å². The second kappa shape index (κ2) is 6.38. The number of hydrogen-bond acceptors (Lipinski definition) is 3. The average Bonchev–Trinajstić information content (AvgIpc) is 2.61. The van der Waals surface area contributed by atoms with Gasteiger partial charge in [0.25, 0.3) is 0 Å². The number of likely N-dealkylation sites (tertiary alicyclic amines) is 1. The minimum atomic E-state index is 0.712. The third kappa shape index (κ3) is 3.95. The summed E-state index contributed by atoms with van der Waals surface area (Å²) >= 11 is 0.